The quantitative estimate of drug-likeness (QED) is 0.689. The molecular formula is C17H25ClF4N2O2. The van der Waals surface area contributed by atoms with E-state index in [-0.39, 0.29) is 24.8 Å². The summed E-state index contributed by atoms with van der Waals surface area (Å²) in [7, 11) is 0. The van der Waals surface area contributed by atoms with Crippen LogP contribution in [-0.4, -0.2) is 55.3 Å². The van der Waals surface area contributed by atoms with Crippen molar-refractivity contribution in [3.63, 3.8) is 0 Å². The van der Waals surface area contributed by atoms with Crippen molar-refractivity contribution in [2.75, 3.05) is 32.8 Å². The third-order valence-electron chi connectivity index (χ3n) is 4.38. The highest BCUT2D eigenvalue weighted by atomic mass is 35.5. The smallest absolute Gasteiger partial charge is 0.428 e. The number of aliphatic hydroxyl groups is 1. The largest absolute Gasteiger partial charge is 0.461 e. The van der Waals surface area contributed by atoms with Gasteiger partial charge in [-0.1, -0.05) is 32.0 Å². The number of ether oxygens (including phenoxy) is 1. The van der Waals surface area contributed by atoms with Gasteiger partial charge in [0.05, 0.1) is 0 Å². The van der Waals surface area contributed by atoms with Gasteiger partial charge < -0.3 is 15.2 Å². The summed E-state index contributed by atoms with van der Waals surface area (Å²) >= 11 is 0. The lowest BCUT2D eigenvalue weighted by Crippen LogP contribution is -2.49. The van der Waals surface area contributed by atoms with Crippen molar-refractivity contribution in [3.05, 3.63) is 29.8 Å². The first-order valence-electron chi connectivity index (χ1n) is 8.18. The average Bonchev–Trinajstić information content (AvgIpc) is 2.57. The highest BCUT2D eigenvalue weighted by Gasteiger charge is 2.45. The molecular weight excluding hydrogens is 376 g/mol. The second-order valence-corrected chi connectivity index (χ2v) is 6.84. The predicted molar refractivity (Wildman–Crippen MR) is 93.3 cm³/mol. The minimum atomic E-state index is -4.58. The maximum absolute atomic E-state index is 13.5. The van der Waals surface area contributed by atoms with Crippen LogP contribution in [0, 0.1) is 5.41 Å². The second kappa shape index (κ2) is 9.21. The van der Waals surface area contributed by atoms with Gasteiger partial charge in [0, 0.05) is 49.8 Å². The van der Waals surface area contributed by atoms with Gasteiger partial charge in [-0.2, -0.15) is 17.6 Å². The summed E-state index contributed by atoms with van der Waals surface area (Å²) in [5.74, 6) is -0.294. The van der Waals surface area contributed by atoms with Crippen molar-refractivity contribution >= 4 is 12.4 Å². The van der Waals surface area contributed by atoms with Gasteiger partial charge in [0.2, 0.25) is 0 Å². The number of hydrogen-bond donors (Lipinski definition) is 2. The van der Waals surface area contributed by atoms with Crippen molar-refractivity contribution < 1.29 is 27.4 Å². The van der Waals surface area contributed by atoms with Crippen LogP contribution in [-0.2, 0) is 0 Å². The summed E-state index contributed by atoms with van der Waals surface area (Å²) in [6.07, 6.45) is -8.50. The molecule has 1 aromatic rings. The molecule has 0 unspecified atom stereocenters. The van der Waals surface area contributed by atoms with Crippen LogP contribution in [0.5, 0.6) is 5.75 Å². The second-order valence-electron chi connectivity index (χ2n) is 6.84. The van der Waals surface area contributed by atoms with Crippen molar-refractivity contribution in [1.82, 2.24) is 10.2 Å². The van der Waals surface area contributed by atoms with Crippen LogP contribution in [0.15, 0.2) is 24.3 Å². The van der Waals surface area contributed by atoms with Crippen LogP contribution in [0.1, 0.15) is 25.5 Å². The van der Waals surface area contributed by atoms with E-state index in [1.165, 1.54) is 12.1 Å². The normalized spacial score (nSPS) is 17.7. The molecule has 26 heavy (non-hydrogen) atoms. The fourth-order valence-electron chi connectivity index (χ4n) is 3.13. The number of aliphatic hydroxyl groups excluding tert-OH is 1. The van der Waals surface area contributed by atoms with E-state index in [1.807, 2.05) is 13.8 Å². The summed E-state index contributed by atoms with van der Waals surface area (Å²) in [5.41, 5.74) is -0.319. The zero-order valence-electron chi connectivity index (χ0n) is 14.7. The van der Waals surface area contributed by atoms with Crippen LogP contribution in [0.3, 0.4) is 0 Å². The third-order valence-corrected chi connectivity index (χ3v) is 4.38. The monoisotopic (exact) mass is 400 g/mol. The lowest BCUT2D eigenvalue weighted by atomic mass is 9.79. The van der Waals surface area contributed by atoms with Crippen LogP contribution in [0.25, 0.3) is 0 Å². The standard InChI is InChI=1S/C17H24F4N2O2.ClH/c1-16(2,11-24)14(23-9-7-22-8-10-23)12-5-3-4-6-13(12)25-17(20,21)15(18)19;/h3-6,14-15,22,24H,7-11H2,1-2H3;1H/t14-;/m0./s1. The van der Waals surface area contributed by atoms with Gasteiger partial charge in [-0.25, -0.2) is 0 Å². The van der Waals surface area contributed by atoms with Crippen molar-refractivity contribution in [3.8, 4) is 5.75 Å². The van der Waals surface area contributed by atoms with E-state index in [0.717, 1.165) is 0 Å². The van der Waals surface area contributed by atoms with E-state index in [9.17, 15) is 22.7 Å². The topological polar surface area (TPSA) is 44.7 Å². The summed E-state index contributed by atoms with van der Waals surface area (Å²) in [6, 6.07) is 5.49. The van der Waals surface area contributed by atoms with E-state index in [2.05, 4.69) is 15.0 Å². The van der Waals surface area contributed by atoms with Gasteiger partial charge in [-0.05, 0) is 6.07 Å². The van der Waals surface area contributed by atoms with E-state index < -0.39 is 24.0 Å². The van der Waals surface area contributed by atoms with Crippen molar-refractivity contribution in [2.24, 2.45) is 5.41 Å². The van der Waals surface area contributed by atoms with Crippen LogP contribution in [0.2, 0.25) is 0 Å². The Hall–Kier alpha value is -1.09. The Morgan fingerprint density at radius 2 is 1.77 bits per heavy atom. The van der Waals surface area contributed by atoms with E-state index in [0.29, 0.717) is 31.7 Å². The molecule has 1 atom stereocenters. The predicted octanol–water partition coefficient (Wildman–Crippen LogP) is 3.31. The molecule has 0 saturated carbocycles. The van der Waals surface area contributed by atoms with Crippen molar-refractivity contribution in [1.29, 1.82) is 0 Å². The summed E-state index contributed by atoms with van der Waals surface area (Å²) in [5, 5.41) is 13.0. The number of rotatable bonds is 7. The van der Waals surface area contributed by atoms with Gasteiger partial charge in [-0.3, -0.25) is 4.90 Å². The Kier molecular flexibility index (Phi) is 8.13. The summed E-state index contributed by atoms with van der Waals surface area (Å²) in [6.45, 7) is 6.15. The van der Waals surface area contributed by atoms with Gasteiger partial charge in [0.25, 0.3) is 0 Å². The van der Waals surface area contributed by atoms with Gasteiger partial charge in [0.15, 0.2) is 0 Å². The van der Waals surface area contributed by atoms with E-state index >= 15 is 0 Å². The fourth-order valence-corrected chi connectivity index (χ4v) is 3.13. The van der Waals surface area contributed by atoms with Crippen molar-refractivity contribution in [2.45, 2.75) is 32.4 Å². The molecule has 0 aromatic heterocycles. The van der Waals surface area contributed by atoms with Gasteiger partial charge in [0.1, 0.15) is 5.75 Å². The number of hydrogen-bond acceptors (Lipinski definition) is 4. The number of halogens is 5. The van der Waals surface area contributed by atoms with Gasteiger partial charge in [-0.15, -0.1) is 12.4 Å². The Morgan fingerprint density at radius 1 is 1.19 bits per heavy atom. The highest BCUT2D eigenvalue weighted by molar-refractivity contribution is 5.85. The number of benzene rings is 1. The number of nitrogens with zero attached hydrogens (tertiary/aromatic N) is 1. The number of alkyl halides is 4. The average molecular weight is 401 g/mol. The fraction of sp³-hybridized carbons (Fsp3) is 0.647. The summed E-state index contributed by atoms with van der Waals surface area (Å²) < 4.78 is 56.4. The molecule has 0 amide bonds. The van der Waals surface area contributed by atoms with Crippen LogP contribution < -0.4 is 10.1 Å². The van der Waals surface area contributed by atoms with Crippen LogP contribution >= 0.6 is 12.4 Å². The number of piperazine rings is 1. The maximum Gasteiger partial charge on any atom is 0.461 e. The molecule has 150 valence electrons. The molecule has 1 fully saturated rings. The zero-order chi connectivity index (χ0) is 18.7. The molecule has 1 aliphatic rings. The molecule has 2 rings (SSSR count). The lowest BCUT2D eigenvalue weighted by molar-refractivity contribution is -0.253. The first-order valence-corrected chi connectivity index (χ1v) is 8.18. The third kappa shape index (κ3) is 5.22. The molecule has 1 aromatic carbocycles. The number of para-hydroxylation sites is 1. The molecule has 1 heterocycles. The Bertz CT molecular complexity index is 569. The highest BCUT2D eigenvalue weighted by Crippen LogP contribution is 2.43. The minimum Gasteiger partial charge on any atom is -0.428 e. The Labute approximate surface area is 156 Å². The van der Waals surface area contributed by atoms with Gasteiger partial charge >= 0.3 is 12.5 Å². The Balaban J connectivity index is 0.00000338. The van der Waals surface area contributed by atoms with E-state index in [1.54, 1.807) is 12.1 Å². The molecule has 0 spiro atoms. The molecule has 1 saturated heterocycles. The SMILES string of the molecule is CC(C)(CO)[C@H](c1ccccc1OC(F)(F)C(F)F)N1CCNCC1.Cl. The zero-order valence-corrected chi connectivity index (χ0v) is 15.5. The first-order chi connectivity index (χ1) is 11.7. The molecule has 0 bridgehead atoms. The van der Waals surface area contributed by atoms with Crippen LogP contribution in [0.4, 0.5) is 17.6 Å². The molecule has 1 aliphatic heterocycles. The molecule has 9 heteroatoms. The minimum absolute atomic E-state index is 0. The molecule has 0 radical (unpaired) electrons. The lowest BCUT2D eigenvalue weighted by Gasteiger charge is -2.44. The first kappa shape index (κ1) is 23.0. The Morgan fingerprint density at radius 3 is 2.31 bits per heavy atom. The molecule has 2 N–H and O–H groups in total. The summed E-state index contributed by atoms with van der Waals surface area (Å²) in [4.78, 5) is 2.05. The molecule has 4 nitrogen and oxygen atoms in total. The number of nitrogens with one attached hydrogen (secondary N) is 1. The van der Waals surface area contributed by atoms with E-state index in [4.69, 9.17) is 0 Å². The maximum atomic E-state index is 13.5. The molecule has 0 aliphatic carbocycles.